The van der Waals surface area contributed by atoms with Crippen LogP contribution in [-0.2, 0) is 4.74 Å². The van der Waals surface area contributed by atoms with Gasteiger partial charge in [0.2, 0.25) is 5.88 Å². The maximum absolute atomic E-state index is 5.68. The molecule has 0 bridgehead atoms. The molecule has 2 rings (SSSR count). The summed E-state index contributed by atoms with van der Waals surface area (Å²) in [6, 6.07) is 1.86. The van der Waals surface area contributed by atoms with Crippen LogP contribution in [0.5, 0.6) is 5.88 Å². The average Bonchev–Trinajstić information content (AvgIpc) is 2.87. The highest BCUT2D eigenvalue weighted by Gasteiger charge is 2.23. The molecule has 1 aliphatic rings. The van der Waals surface area contributed by atoms with Gasteiger partial charge in [0.05, 0.1) is 6.61 Å². The van der Waals surface area contributed by atoms with E-state index in [1.807, 2.05) is 6.07 Å². The van der Waals surface area contributed by atoms with Gasteiger partial charge in [0.25, 0.3) is 0 Å². The number of aromatic nitrogens is 2. The molecule has 1 aromatic heterocycles. The first-order chi connectivity index (χ1) is 9.48. The molecule has 1 atom stereocenters. The zero-order chi connectivity index (χ0) is 14.6. The Labute approximate surface area is 121 Å². The van der Waals surface area contributed by atoms with Crippen LogP contribution in [-0.4, -0.2) is 28.7 Å². The molecule has 5 heteroatoms. The Kier molecular flexibility index (Phi) is 4.81. The van der Waals surface area contributed by atoms with Crippen LogP contribution in [0.1, 0.15) is 58.9 Å². The van der Waals surface area contributed by atoms with Crippen LogP contribution in [0.15, 0.2) is 6.07 Å². The lowest BCUT2D eigenvalue weighted by Gasteiger charge is -2.22. The monoisotopic (exact) mass is 279 g/mol. The van der Waals surface area contributed by atoms with Crippen molar-refractivity contribution in [1.29, 1.82) is 0 Å². The normalized spacial score (nSPS) is 19.1. The van der Waals surface area contributed by atoms with Crippen LogP contribution in [0.2, 0.25) is 0 Å². The van der Waals surface area contributed by atoms with Crippen molar-refractivity contribution >= 4 is 5.82 Å². The largest absolute Gasteiger partial charge is 0.478 e. The molecule has 5 nitrogen and oxygen atoms in total. The molecule has 1 unspecified atom stereocenters. The fourth-order valence-electron chi connectivity index (χ4n) is 2.10. The van der Waals surface area contributed by atoms with Crippen LogP contribution in [0.3, 0.4) is 0 Å². The van der Waals surface area contributed by atoms with Gasteiger partial charge in [-0.15, -0.1) is 0 Å². The molecule has 112 valence electrons. The molecule has 1 N–H and O–H groups in total. The molecule has 0 spiro atoms. The van der Waals surface area contributed by atoms with Gasteiger partial charge in [-0.05, 0) is 40.0 Å². The quantitative estimate of drug-likeness (QED) is 0.896. The topological polar surface area (TPSA) is 56.3 Å². The second-order valence-electron chi connectivity index (χ2n) is 6.17. The van der Waals surface area contributed by atoms with E-state index in [1.165, 1.54) is 0 Å². The molecule has 1 saturated heterocycles. The van der Waals surface area contributed by atoms with Crippen molar-refractivity contribution in [2.75, 3.05) is 18.5 Å². The second-order valence-corrected chi connectivity index (χ2v) is 6.17. The first kappa shape index (κ1) is 15.0. The number of ether oxygens (including phenoxy) is 2. The molecular formula is C15H25N3O2. The van der Waals surface area contributed by atoms with Gasteiger partial charge in [-0.3, -0.25) is 0 Å². The Bertz CT molecular complexity index is 437. The zero-order valence-corrected chi connectivity index (χ0v) is 12.9. The van der Waals surface area contributed by atoms with Crippen LogP contribution in [0.25, 0.3) is 0 Å². The molecule has 1 aromatic rings. The molecule has 1 aliphatic heterocycles. The molecule has 1 fully saturated rings. The number of hydrogen-bond donors (Lipinski definition) is 1. The van der Waals surface area contributed by atoms with Gasteiger partial charge in [0.15, 0.2) is 5.82 Å². The van der Waals surface area contributed by atoms with Crippen LogP contribution in [0, 0.1) is 0 Å². The second kappa shape index (κ2) is 6.39. The maximum Gasteiger partial charge on any atom is 0.218 e. The summed E-state index contributed by atoms with van der Waals surface area (Å²) in [7, 11) is 0. The van der Waals surface area contributed by atoms with Gasteiger partial charge in [-0.25, -0.2) is 4.98 Å². The summed E-state index contributed by atoms with van der Waals surface area (Å²) in [5.41, 5.74) is -0.0514. The summed E-state index contributed by atoms with van der Waals surface area (Å²) in [5.74, 6) is 2.14. The van der Waals surface area contributed by atoms with Gasteiger partial charge < -0.3 is 14.8 Å². The summed E-state index contributed by atoms with van der Waals surface area (Å²) in [4.78, 5) is 9.07. The Morgan fingerprint density at radius 1 is 1.40 bits per heavy atom. The number of anilines is 1. The molecule has 2 heterocycles. The Morgan fingerprint density at radius 3 is 2.80 bits per heavy atom. The summed E-state index contributed by atoms with van der Waals surface area (Å²) < 4.78 is 11.3. The van der Waals surface area contributed by atoms with E-state index in [1.54, 1.807) is 0 Å². The Hall–Kier alpha value is -1.36. The van der Waals surface area contributed by atoms with E-state index in [2.05, 4.69) is 43.0 Å². The average molecular weight is 279 g/mol. The first-order valence-corrected chi connectivity index (χ1v) is 7.39. The molecule has 0 saturated carbocycles. The fourth-order valence-corrected chi connectivity index (χ4v) is 2.10. The van der Waals surface area contributed by atoms with Crippen molar-refractivity contribution in [2.45, 2.75) is 58.6 Å². The molecule has 0 radical (unpaired) electrons. The van der Waals surface area contributed by atoms with E-state index in [-0.39, 0.29) is 11.6 Å². The Morgan fingerprint density at radius 2 is 2.20 bits per heavy atom. The first-order valence-electron chi connectivity index (χ1n) is 7.39. The van der Waals surface area contributed by atoms with E-state index >= 15 is 0 Å². The van der Waals surface area contributed by atoms with Crippen molar-refractivity contribution in [1.82, 2.24) is 9.97 Å². The molecule has 0 aliphatic carbocycles. The van der Waals surface area contributed by atoms with Crippen LogP contribution in [0.4, 0.5) is 5.82 Å². The van der Waals surface area contributed by atoms with Gasteiger partial charge in [-0.2, -0.15) is 4.98 Å². The van der Waals surface area contributed by atoms with Gasteiger partial charge in [0, 0.05) is 18.2 Å². The van der Waals surface area contributed by atoms with Crippen molar-refractivity contribution in [3.8, 4) is 5.88 Å². The molecule has 0 aromatic carbocycles. The minimum atomic E-state index is -0.0514. The summed E-state index contributed by atoms with van der Waals surface area (Å²) >= 11 is 0. The van der Waals surface area contributed by atoms with Crippen molar-refractivity contribution in [3.05, 3.63) is 11.9 Å². The van der Waals surface area contributed by atoms with Crippen molar-refractivity contribution < 1.29 is 9.47 Å². The number of hydrogen-bond acceptors (Lipinski definition) is 5. The zero-order valence-electron chi connectivity index (χ0n) is 12.9. The van der Waals surface area contributed by atoms with Crippen molar-refractivity contribution in [3.63, 3.8) is 0 Å². The third kappa shape index (κ3) is 4.34. The lowest BCUT2D eigenvalue weighted by Crippen LogP contribution is -2.27. The predicted molar refractivity (Wildman–Crippen MR) is 79.1 cm³/mol. The Balaban J connectivity index is 2.23. The number of rotatable bonds is 5. The van der Waals surface area contributed by atoms with E-state index in [9.17, 15) is 0 Å². The van der Waals surface area contributed by atoms with E-state index < -0.39 is 0 Å². The minimum absolute atomic E-state index is 0.000643. The predicted octanol–water partition coefficient (Wildman–Crippen LogP) is 3.33. The smallest absolute Gasteiger partial charge is 0.218 e. The maximum atomic E-state index is 5.68. The summed E-state index contributed by atoms with van der Waals surface area (Å²) in [6.07, 6.45) is 3.00. The molecular weight excluding hydrogens is 254 g/mol. The number of nitrogens with zero attached hydrogens (tertiary/aromatic N) is 2. The van der Waals surface area contributed by atoms with Crippen LogP contribution >= 0.6 is 0 Å². The SMILES string of the molecule is CCCOc1cc(NC(C)(C)C)nc(C2CCCO2)n1. The highest BCUT2D eigenvalue weighted by Crippen LogP contribution is 2.29. The van der Waals surface area contributed by atoms with E-state index in [4.69, 9.17) is 9.47 Å². The minimum Gasteiger partial charge on any atom is -0.478 e. The highest BCUT2D eigenvalue weighted by molar-refractivity contribution is 5.40. The molecule has 0 amide bonds. The third-order valence-electron chi connectivity index (χ3n) is 2.89. The van der Waals surface area contributed by atoms with E-state index in [0.717, 1.165) is 37.5 Å². The van der Waals surface area contributed by atoms with Crippen molar-refractivity contribution in [2.24, 2.45) is 0 Å². The van der Waals surface area contributed by atoms with Gasteiger partial charge in [0.1, 0.15) is 11.9 Å². The van der Waals surface area contributed by atoms with E-state index in [0.29, 0.717) is 12.5 Å². The van der Waals surface area contributed by atoms with Gasteiger partial charge in [-0.1, -0.05) is 6.92 Å². The number of nitrogens with one attached hydrogen (secondary N) is 1. The van der Waals surface area contributed by atoms with Crippen LogP contribution < -0.4 is 10.1 Å². The lowest BCUT2D eigenvalue weighted by atomic mass is 10.1. The van der Waals surface area contributed by atoms with Gasteiger partial charge >= 0.3 is 0 Å². The fraction of sp³-hybridized carbons (Fsp3) is 0.733. The summed E-state index contributed by atoms with van der Waals surface area (Å²) in [6.45, 7) is 9.85. The third-order valence-corrected chi connectivity index (χ3v) is 2.89. The highest BCUT2D eigenvalue weighted by atomic mass is 16.5. The lowest BCUT2D eigenvalue weighted by molar-refractivity contribution is 0.104. The molecule has 20 heavy (non-hydrogen) atoms. The summed E-state index contributed by atoms with van der Waals surface area (Å²) in [5, 5.41) is 3.38. The standard InChI is InChI=1S/C15H25N3O2/c1-5-8-20-13-10-12(18-15(2,3)4)16-14(17-13)11-7-6-9-19-11/h10-11H,5-9H2,1-4H3,(H,16,17,18).